The van der Waals surface area contributed by atoms with Crippen LogP contribution in [0, 0.1) is 67.3 Å². The van der Waals surface area contributed by atoms with E-state index >= 15 is 0 Å². The van der Waals surface area contributed by atoms with Gasteiger partial charge >= 0.3 is 12.4 Å². The third-order valence-corrected chi connectivity index (χ3v) is 7.68. The van der Waals surface area contributed by atoms with Crippen LogP contribution in [-0.4, -0.2) is 19.5 Å². The molecule has 0 saturated carbocycles. The third-order valence-electron chi connectivity index (χ3n) is 7.68. The van der Waals surface area contributed by atoms with Gasteiger partial charge in [-0.05, 0) is 61.2 Å². The van der Waals surface area contributed by atoms with Crippen molar-refractivity contribution in [1.82, 2.24) is 0 Å². The molecule has 0 fully saturated rings. The Morgan fingerprint density at radius 2 is 0.915 bits per heavy atom. The summed E-state index contributed by atoms with van der Waals surface area (Å²) in [5.74, 6) is -22.3. The minimum atomic E-state index is -6.04. The van der Waals surface area contributed by atoms with Gasteiger partial charge in [0.1, 0.15) is 11.5 Å². The van der Waals surface area contributed by atoms with Gasteiger partial charge in [0.05, 0.1) is 18.2 Å². The topological polar surface area (TPSA) is 18.5 Å². The number of halogens is 14. The Labute approximate surface area is 256 Å². The first-order valence-electron chi connectivity index (χ1n) is 12.9. The standard InChI is InChI=1S/C31H18F14O2/c1-11-12(2)17(46-4)10-9-16(11)29(30(40,41)42,31(43,44)45)14-5-7-15(8-6-14)47-28-26(38)24(36)19(25(37)27(28)39)18-22(34)20(32)13(3)21(33)23(18)35/h5-10H,1-4H3. The first-order valence-corrected chi connectivity index (χ1v) is 12.9. The van der Waals surface area contributed by atoms with Crippen LogP contribution in [0.3, 0.4) is 0 Å². The van der Waals surface area contributed by atoms with E-state index in [1.807, 2.05) is 0 Å². The van der Waals surface area contributed by atoms with Crippen LogP contribution in [0.15, 0.2) is 36.4 Å². The van der Waals surface area contributed by atoms with Crippen LogP contribution in [0.1, 0.15) is 27.8 Å². The number of alkyl halides is 6. The van der Waals surface area contributed by atoms with Crippen LogP contribution < -0.4 is 9.47 Å². The van der Waals surface area contributed by atoms with Gasteiger partial charge in [-0.1, -0.05) is 18.2 Å². The Balaban J connectivity index is 1.88. The Hall–Kier alpha value is -4.50. The van der Waals surface area contributed by atoms with Crippen molar-refractivity contribution < 1.29 is 70.9 Å². The molecule has 0 saturated heterocycles. The summed E-state index contributed by atoms with van der Waals surface area (Å²) in [6.07, 6.45) is -12.1. The van der Waals surface area contributed by atoms with Gasteiger partial charge in [-0.15, -0.1) is 0 Å². The van der Waals surface area contributed by atoms with Gasteiger partial charge in [-0.25, -0.2) is 26.3 Å². The molecule has 4 aromatic carbocycles. The molecule has 252 valence electrons. The summed E-state index contributed by atoms with van der Waals surface area (Å²) in [4.78, 5) is 0. The molecule has 0 aliphatic carbocycles. The minimum Gasteiger partial charge on any atom is -0.496 e. The zero-order chi connectivity index (χ0) is 35.5. The maximum absolute atomic E-state index is 14.9. The number of hydrogen-bond donors (Lipinski definition) is 0. The van der Waals surface area contributed by atoms with Gasteiger partial charge in [-0.2, -0.15) is 35.1 Å². The highest BCUT2D eigenvalue weighted by Crippen LogP contribution is 2.57. The fourth-order valence-electron chi connectivity index (χ4n) is 5.14. The number of methoxy groups -OCH3 is 1. The van der Waals surface area contributed by atoms with Crippen molar-refractivity contribution in [3.05, 3.63) is 111 Å². The number of rotatable bonds is 6. The Morgan fingerprint density at radius 1 is 0.489 bits per heavy atom. The van der Waals surface area contributed by atoms with Gasteiger partial charge in [-0.3, -0.25) is 0 Å². The second kappa shape index (κ2) is 11.9. The Kier molecular flexibility index (Phi) is 8.98. The van der Waals surface area contributed by atoms with Crippen molar-refractivity contribution in [2.75, 3.05) is 7.11 Å². The van der Waals surface area contributed by atoms with Crippen LogP contribution >= 0.6 is 0 Å². The number of ether oxygens (including phenoxy) is 2. The Bertz CT molecular complexity index is 1800. The van der Waals surface area contributed by atoms with Crippen LogP contribution in [0.25, 0.3) is 11.1 Å². The molecular formula is C31H18F14O2. The molecule has 0 aliphatic heterocycles. The molecule has 0 radical (unpaired) electrons. The average Bonchev–Trinajstić information content (AvgIpc) is 2.99. The fraction of sp³-hybridized carbons (Fsp3) is 0.226. The first kappa shape index (κ1) is 35.4. The van der Waals surface area contributed by atoms with Crippen LogP contribution in [0.2, 0.25) is 0 Å². The second-order valence-corrected chi connectivity index (χ2v) is 10.2. The zero-order valence-corrected chi connectivity index (χ0v) is 24.1. The normalized spacial score (nSPS) is 12.5. The van der Waals surface area contributed by atoms with E-state index in [-0.39, 0.29) is 23.4 Å². The molecule has 0 heterocycles. The van der Waals surface area contributed by atoms with E-state index in [0.717, 1.165) is 20.1 Å². The zero-order valence-electron chi connectivity index (χ0n) is 24.1. The van der Waals surface area contributed by atoms with Crippen molar-refractivity contribution >= 4 is 0 Å². The van der Waals surface area contributed by atoms with E-state index in [9.17, 15) is 61.5 Å². The molecule has 16 heteroatoms. The molecule has 0 amide bonds. The van der Waals surface area contributed by atoms with Gasteiger partial charge in [0.15, 0.2) is 34.9 Å². The highest BCUT2D eigenvalue weighted by atomic mass is 19.4. The molecule has 0 N–H and O–H groups in total. The van der Waals surface area contributed by atoms with Crippen molar-refractivity contribution in [3.63, 3.8) is 0 Å². The molecule has 0 aromatic heterocycles. The summed E-state index contributed by atoms with van der Waals surface area (Å²) in [6, 6.07) is 2.71. The van der Waals surface area contributed by atoms with E-state index in [1.54, 1.807) is 0 Å². The van der Waals surface area contributed by atoms with E-state index < -0.39 is 109 Å². The highest BCUT2D eigenvalue weighted by Gasteiger charge is 2.73. The lowest BCUT2D eigenvalue weighted by atomic mass is 9.70. The van der Waals surface area contributed by atoms with Gasteiger partial charge in [0.25, 0.3) is 0 Å². The maximum atomic E-state index is 14.9. The lowest BCUT2D eigenvalue weighted by Crippen LogP contribution is -2.55. The maximum Gasteiger partial charge on any atom is 0.411 e. The predicted octanol–water partition coefficient (Wildman–Crippen LogP) is 10.6. The van der Waals surface area contributed by atoms with Crippen molar-refractivity contribution in [1.29, 1.82) is 0 Å². The lowest BCUT2D eigenvalue weighted by Gasteiger charge is -2.39. The summed E-state index contributed by atoms with van der Waals surface area (Å²) in [5.41, 5.74) is -13.4. The largest absolute Gasteiger partial charge is 0.496 e. The molecule has 0 aliphatic rings. The molecule has 2 nitrogen and oxygen atoms in total. The summed E-state index contributed by atoms with van der Waals surface area (Å²) in [5, 5.41) is 0. The van der Waals surface area contributed by atoms with Gasteiger partial charge < -0.3 is 9.47 Å². The van der Waals surface area contributed by atoms with E-state index in [2.05, 4.69) is 0 Å². The summed E-state index contributed by atoms with van der Waals surface area (Å²) < 4.78 is 214. The van der Waals surface area contributed by atoms with Crippen molar-refractivity contribution in [2.24, 2.45) is 0 Å². The molecule has 0 unspecified atom stereocenters. The van der Waals surface area contributed by atoms with Crippen LogP contribution in [0.5, 0.6) is 17.2 Å². The number of benzene rings is 4. The predicted molar refractivity (Wildman–Crippen MR) is 138 cm³/mol. The Morgan fingerprint density at radius 3 is 1.32 bits per heavy atom. The van der Waals surface area contributed by atoms with Crippen LogP contribution in [-0.2, 0) is 5.41 Å². The highest BCUT2D eigenvalue weighted by molar-refractivity contribution is 5.69. The van der Waals surface area contributed by atoms with Crippen LogP contribution in [0.4, 0.5) is 61.5 Å². The average molecular weight is 688 g/mol. The monoisotopic (exact) mass is 688 g/mol. The van der Waals surface area contributed by atoms with Gasteiger partial charge in [0, 0.05) is 5.56 Å². The van der Waals surface area contributed by atoms with E-state index in [0.29, 0.717) is 25.1 Å². The molecular weight excluding hydrogens is 670 g/mol. The summed E-state index contributed by atoms with van der Waals surface area (Å²) in [7, 11) is 1.15. The second-order valence-electron chi connectivity index (χ2n) is 10.2. The van der Waals surface area contributed by atoms with Crippen molar-refractivity contribution in [3.8, 4) is 28.4 Å². The molecule has 0 bridgehead atoms. The smallest absolute Gasteiger partial charge is 0.411 e. The quantitative estimate of drug-likeness (QED) is 0.148. The molecule has 47 heavy (non-hydrogen) atoms. The number of hydrogen-bond acceptors (Lipinski definition) is 2. The summed E-state index contributed by atoms with van der Waals surface area (Å²) >= 11 is 0. The molecule has 0 spiro atoms. The van der Waals surface area contributed by atoms with E-state index in [4.69, 9.17) is 9.47 Å². The van der Waals surface area contributed by atoms with E-state index in [1.165, 1.54) is 6.92 Å². The van der Waals surface area contributed by atoms with Gasteiger partial charge in [0.2, 0.25) is 22.8 Å². The minimum absolute atomic E-state index is 0.00842. The first-order chi connectivity index (χ1) is 21.6. The molecule has 4 aromatic rings. The molecule has 0 atom stereocenters. The lowest BCUT2D eigenvalue weighted by molar-refractivity contribution is -0.288. The SMILES string of the molecule is COc1ccc(C(c2ccc(Oc3c(F)c(F)c(-c4c(F)c(F)c(C)c(F)c4F)c(F)c3F)cc2)(C(F)(F)F)C(F)(F)F)c(C)c1C. The van der Waals surface area contributed by atoms with Crippen molar-refractivity contribution in [2.45, 2.75) is 38.5 Å². The fourth-order valence-corrected chi connectivity index (χ4v) is 5.14. The third kappa shape index (κ3) is 5.30. The molecule has 4 rings (SSSR count). The summed E-state index contributed by atoms with van der Waals surface area (Å²) in [6.45, 7) is 2.79.